The molecule has 1 fully saturated rings. The van der Waals surface area contributed by atoms with Gasteiger partial charge in [-0.3, -0.25) is 4.79 Å². The summed E-state index contributed by atoms with van der Waals surface area (Å²) in [5.41, 5.74) is 1.28. The van der Waals surface area contributed by atoms with Crippen molar-refractivity contribution in [1.29, 1.82) is 0 Å². The molecule has 5 nitrogen and oxygen atoms in total. The lowest BCUT2D eigenvalue weighted by atomic mass is 10.1. The van der Waals surface area contributed by atoms with Crippen molar-refractivity contribution in [3.05, 3.63) is 33.8 Å². The summed E-state index contributed by atoms with van der Waals surface area (Å²) >= 11 is 3.46. The average Bonchev–Trinajstić information content (AvgIpc) is 3.24. The van der Waals surface area contributed by atoms with E-state index in [0.29, 0.717) is 19.0 Å². The lowest BCUT2D eigenvalue weighted by molar-refractivity contribution is 0.0481. The standard InChI is InChI=1S/C18H23BrN2O3/c1-18(2,3)24-17(23)20-9-15(11-4-5-11)21-10-12-8-13(19)6-7-14(12)16(21)22/h6-8,11,15H,4-5,9-10H2,1-3H3,(H,20,23). The maximum atomic E-state index is 12.7. The zero-order valence-corrected chi connectivity index (χ0v) is 15.9. The van der Waals surface area contributed by atoms with Crippen molar-refractivity contribution in [2.45, 2.75) is 51.8 Å². The molecule has 2 aliphatic rings. The predicted molar refractivity (Wildman–Crippen MR) is 94.8 cm³/mol. The monoisotopic (exact) mass is 394 g/mol. The van der Waals surface area contributed by atoms with Gasteiger partial charge in [-0.1, -0.05) is 15.9 Å². The Morgan fingerprint density at radius 1 is 1.42 bits per heavy atom. The van der Waals surface area contributed by atoms with Gasteiger partial charge in [0.05, 0.1) is 6.04 Å². The van der Waals surface area contributed by atoms with Crippen LogP contribution in [0.15, 0.2) is 22.7 Å². The van der Waals surface area contributed by atoms with Crippen molar-refractivity contribution in [3.8, 4) is 0 Å². The minimum absolute atomic E-state index is 0.0243. The summed E-state index contributed by atoms with van der Waals surface area (Å²) in [4.78, 5) is 26.5. The Morgan fingerprint density at radius 2 is 2.12 bits per heavy atom. The molecule has 0 saturated heterocycles. The van der Waals surface area contributed by atoms with Crippen molar-refractivity contribution in [1.82, 2.24) is 10.2 Å². The molecule has 1 N–H and O–H groups in total. The highest BCUT2D eigenvalue weighted by molar-refractivity contribution is 9.10. The number of halogens is 1. The lowest BCUT2D eigenvalue weighted by Crippen LogP contribution is -2.46. The van der Waals surface area contributed by atoms with Gasteiger partial charge in [0.2, 0.25) is 0 Å². The molecule has 1 heterocycles. The van der Waals surface area contributed by atoms with Crippen LogP contribution in [0.4, 0.5) is 4.79 Å². The van der Waals surface area contributed by atoms with Crippen LogP contribution in [0.25, 0.3) is 0 Å². The molecule has 0 bridgehead atoms. The van der Waals surface area contributed by atoms with E-state index in [4.69, 9.17) is 4.74 Å². The van der Waals surface area contributed by atoms with E-state index in [1.54, 1.807) is 0 Å². The molecule has 1 aromatic rings. The minimum Gasteiger partial charge on any atom is -0.444 e. The zero-order valence-electron chi connectivity index (χ0n) is 14.3. The number of nitrogens with zero attached hydrogens (tertiary/aromatic N) is 1. The number of ether oxygens (including phenoxy) is 1. The Balaban J connectivity index is 1.67. The molecule has 0 radical (unpaired) electrons. The molecule has 1 atom stereocenters. The maximum absolute atomic E-state index is 12.7. The fourth-order valence-electron chi connectivity index (χ4n) is 3.09. The third-order valence-electron chi connectivity index (χ3n) is 4.32. The highest BCUT2D eigenvalue weighted by Gasteiger charge is 2.41. The summed E-state index contributed by atoms with van der Waals surface area (Å²) in [6, 6.07) is 5.78. The Labute approximate surface area is 150 Å². The maximum Gasteiger partial charge on any atom is 0.407 e. The second kappa shape index (κ2) is 6.39. The first-order chi connectivity index (χ1) is 11.2. The summed E-state index contributed by atoms with van der Waals surface area (Å²) < 4.78 is 6.27. The Bertz CT molecular complexity index is 665. The normalized spacial score (nSPS) is 18.3. The fourth-order valence-corrected chi connectivity index (χ4v) is 3.50. The molecule has 130 valence electrons. The van der Waals surface area contributed by atoms with Gasteiger partial charge in [-0.05, 0) is 63.3 Å². The van der Waals surface area contributed by atoms with Gasteiger partial charge in [-0.15, -0.1) is 0 Å². The first-order valence-corrected chi connectivity index (χ1v) is 9.10. The molecule has 24 heavy (non-hydrogen) atoms. The van der Waals surface area contributed by atoms with Gasteiger partial charge in [0.15, 0.2) is 0 Å². The fraction of sp³-hybridized carbons (Fsp3) is 0.556. The summed E-state index contributed by atoms with van der Waals surface area (Å²) in [6.07, 6.45) is 1.77. The van der Waals surface area contributed by atoms with Crippen LogP contribution < -0.4 is 5.32 Å². The van der Waals surface area contributed by atoms with E-state index in [1.165, 1.54) is 0 Å². The molecule has 1 unspecified atom stereocenters. The third kappa shape index (κ3) is 3.91. The first kappa shape index (κ1) is 17.3. The molecule has 0 spiro atoms. The topological polar surface area (TPSA) is 58.6 Å². The van der Waals surface area contributed by atoms with E-state index in [1.807, 2.05) is 43.9 Å². The molecule has 0 aromatic heterocycles. The van der Waals surface area contributed by atoms with Crippen molar-refractivity contribution in [2.24, 2.45) is 5.92 Å². The molecular formula is C18H23BrN2O3. The number of fused-ring (bicyclic) bond motifs is 1. The van der Waals surface area contributed by atoms with Gasteiger partial charge < -0.3 is 15.0 Å². The van der Waals surface area contributed by atoms with E-state index in [9.17, 15) is 9.59 Å². The lowest BCUT2D eigenvalue weighted by Gasteiger charge is -2.29. The Morgan fingerprint density at radius 3 is 2.75 bits per heavy atom. The molecular weight excluding hydrogens is 372 g/mol. The van der Waals surface area contributed by atoms with Crippen LogP contribution >= 0.6 is 15.9 Å². The molecule has 6 heteroatoms. The van der Waals surface area contributed by atoms with Gasteiger partial charge in [-0.2, -0.15) is 0 Å². The quantitative estimate of drug-likeness (QED) is 0.846. The molecule has 1 aliphatic carbocycles. The summed E-state index contributed by atoms with van der Waals surface area (Å²) in [5, 5.41) is 2.83. The van der Waals surface area contributed by atoms with Gasteiger partial charge in [0.1, 0.15) is 5.60 Å². The second-order valence-corrected chi connectivity index (χ2v) is 8.44. The van der Waals surface area contributed by atoms with Gasteiger partial charge in [-0.25, -0.2) is 4.79 Å². The van der Waals surface area contributed by atoms with Crippen LogP contribution in [0.5, 0.6) is 0 Å². The van der Waals surface area contributed by atoms with Crippen LogP contribution in [0.2, 0.25) is 0 Å². The highest BCUT2D eigenvalue weighted by Crippen LogP contribution is 2.38. The van der Waals surface area contributed by atoms with Crippen LogP contribution in [0.1, 0.15) is 49.5 Å². The van der Waals surface area contributed by atoms with Crippen LogP contribution in [0.3, 0.4) is 0 Å². The SMILES string of the molecule is CC(C)(C)OC(=O)NCC(C1CC1)N1Cc2cc(Br)ccc2C1=O. The van der Waals surface area contributed by atoms with Gasteiger partial charge >= 0.3 is 6.09 Å². The summed E-state index contributed by atoms with van der Waals surface area (Å²) in [6.45, 7) is 6.54. The largest absolute Gasteiger partial charge is 0.444 e. The zero-order chi connectivity index (χ0) is 17.5. The number of benzene rings is 1. The summed E-state index contributed by atoms with van der Waals surface area (Å²) in [5.74, 6) is 0.516. The van der Waals surface area contributed by atoms with E-state index >= 15 is 0 Å². The van der Waals surface area contributed by atoms with Crippen LogP contribution in [0, 0.1) is 5.92 Å². The Hall–Kier alpha value is -1.56. The number of carbonyl (C=O) groups excluding carboxylic acids is 2. The highest BCUT2D eigenvalue weighted by atomic mass is 79.9. The summed E-state index contributed by atoms with van der Waals surface area (Å²) in [7, 11) is 0. The third-order valence-corrected chi connectivity index (χ3v) is 4.81. The minimum atomic E-state index is -0.523. The van der Waals surface area contributed by atoms with Crippen LogP contribution in [-0.2, 0) is 11.3 Å². The second-order valence-electron chi connectivity index (χ2n) is 7.52. The molecule has 1 saturated carbocycles. The first-order valence-electron chi connectivity index (χ1n) is 8.31. The molecule has 1 aromatic carbocycles. The van der Waals surface area contributed by atoms with Crippen molar-refractivity contribution < 1.29 is 14.3 Å². The van der Waals surface area contributed by atoms with Crippen molar-refractivity contribution in [2.75, 3.05) is 6.54 Å². The number of carbonyl (C=O) groups is 2. The van der Waals surface area contributed by atoms with E-state index < -0.39 is 11.7 Å². The van der Waals surface area contributed by atoms with E-state index in [0.717, 1.165) is 28.4 Å². The Kier molecular flexibility index (Phi) is 4.60. The molecule has 1 aliphatic heterocycles. The number of hydrogen-bond donors (Lipinski definition) is 1. The van der Waals surface area contributed by atoms with Crippen LogP contribution in [-0.4, -0.2) is 35.1 Å². The van der Waals surface area contributed by atoms with E-state index in [-0.39, 0.29) is 11.9 Å². The smallest absolute Gasteiger partial charge is 0.407 e. The predicted octanol–water partition coefficient (Wildman–Crippen LogP) is 3.71. The van der Waals surface area contributed by atoms with Gasteiger partial charge in [0.25, 0.3) is 5.91 Å². The van der Waals surface area contributed by atoms with Crippen molar-refractivity contribution >= 4 is 27.9 Å². The van der Waals surface area contributed by atoms with E-state index in [2.05, 4.69) is 21.2 Å². The molecule has 2 amide bonds. The number of amides is 2. The number of alkyl carbamates (subject to hydrolysis) is 1. The number of nitrogens with one attached hydrogen (secondary N) is 1. The number of rotatable bonds is 4. The average molecular weight is 395 g/mol. The van der Waals surface area contributed by atoms with Crippen molar-refractivity contribution in [3.63, 3.8) is 0 Å². The molecule has 3 rings (SSSR count). The van der Waals surface area contributed by atoms with Gasteiger partial charge in [0, 0.05) is 23.1 Å². The number of hydrogen-bond acceptors (Lipinski definition) is 3.